The van der Waals surface area contributed by atoms with E-state index in [2.05, 4.69) is 0 Å². The third kappa shape index (κ3) is 652. The quantitative estimate of drug-likeness (QED) is 0.411. The van der Waals surface area contributed by atoms with Crippen LogP contribution < -0.4 is 6.15 Å². The first-order valence-corrected chi connectivity index (χ1v) is 0.548. The summed E-state index contributed by atoms with van der Waals surface area (Å²) in [6, 6.07) is 0. The first-order valence-electron chi connectivity index (χ1n) is 0.548. The average Bonchev–Trinajstić information content (AvgIpc) is 0.811. The molecule has 0 spiro atoms. The van der Waals surface area contributed by atoms with Crippen LogP contribution in [0.3, 0.4) is 0 Å². The Morgan fingerprint density at radius 2 is 1.33 bits per heavy atom. The van der Waals surface area contributed by atoms with E-state index < -0.39 is 5.09 Å². The van der Waals surface area contributed by atoms with Crippen LogP contribution in [0.5, 0.6) is 0 Å². The summed E-state index contributed by atoms with van der Waals surface area (Å²) in [6.07, 6.45) is 0. The summed E-state index contributed by atoms with van der Waals surface area (Å²) in [5.41, 5.74) is 0. The van der Waals surface area contributed by atoms with Crippen LogP contribution in [-0.2, 0) is 32.7 Å². The summed E-state index contributed by atoms with van der Waals surface area (Å²) in [6.45, 7) is 0. The van der Waals surface area contributed by atoms with E-state index >= 15 is 0 Å². The Morgan fingerprint density at radius 3 is 1.33 bits per heavy atom. The van der Waals surface area contributed by atoms with Crippen LogP contribution in [-0.4, -0.2) is 5.09 Å². The van der Waals surface area contributed by atoms with Crippen LogP contribution in [0.4, 0.5) is 0 Å². The summed E-state index contributed by atoms with van der Waals surface area (Å²) in [5.74, 6) is 0. The van der Waals surface area contributed by atoms with E-state index in [1.54, 1.807) is 0 Å². The summed E-state index contributed by atoms with van der Waals surface area (Å²) >= 11 is 0. The first kappa shape index (κ1) is 16.3. The Bertz CT molecular complexity index is 31.8. The van der Waals surface area contributed by atoms with Crippen molar-refractivity contribution in [3.8, 4) is 0 Å². The summed E-state index contributed by atoms with van der Waals surface area (Å²) in [5, 5.41) is 14.8. The van der Waals surface area contributed by atoms with Gasteiger partial charge in [0.25, 0.3) is 0 Å². The SMILES string of the molecule is O=[N+]([O-])[O-].[NH4+].[Y]. The molecule has 0 aliphatic heterocycles. The van der Waals surface area contributed by atoms with Crippen molar-refractivity contribution >= 4 is 0 Å². The number of hydrogen-bond donors (Lipinski definition) is 1. The molecule has 35 valence electrons. The molecular formula is H4N2O3Y. The van der Waals surface area contributed by atoms with Crippen molar-refractivity contribution in [3.05, 3.63) is 15.3 Å². The summed E-state index contributed by atoms with van der Waals surface area (Å²) < 4.78 is 0. The van der Waals surface area contributed by atoms with E-state index in [9.17, 15) is 0 Å². The molecule has 0 fully saturated rings. The maximum absolute atomic E-state index is 8.25. The second-order valence-electron chi connectivity index (χ2n) is 0.224. The van der Waals surface area contributed by atoms with Crippen molar-refractivity contribution in [2.24, 2.45) is 0 Å². The molecule has 0 aliphatic rings. The van der Waals surface area contributed by atoms with E-state index in [4.69, 9.17) is 15.3 Å². The van der Waals surface area contributed by atoms with Crippen LogP contribution in [0.1, 0.15) is 0 Å². The Balaban J connectivity index is -0.0000000450. The molecule has 0 saturated heterocycles. The van der Waals surface area contributed by atoms with Gasteiger partial charge in [0.1, 0.15) is 0 Å². The standard InChI is InChI=1S/NO3.H3N.Y/c2-1(3)4;;/h;1H3;/q-1;;/p+1. The minimum atomic E-state index is -1.75. The molecule has 0 aromatic heterocycles. The largest absolute Gasteiger partial charge is 0.369 e. The van der Waals surface area contributed by atoms with Crippen molar-refractivity contribution in [2.45, 2.75) is 0 Å². The molecule has 0 aromatic rings. The molecule has 6 heavy (non-hydrogen) atoms. The summed E-state index contributed by atoms with van der Waals surface area (Å²) in [4.78, 5) is 8.25. The number of quaternary nitrogens is 1. The fraction of sp³-hybridized carbons (Fsp3) is 0. The van der Waals surface area contributed by atoms with Gasteiger partial charge in [-0.1, -0.05) is 0 Å². The van der Waals surface area contributed by atoms with Gasteiger partial charge < -0.3 is 21.5 Å². The fourth-order valence-electron chi connectivity index (χ4n) is 0. The summed E-state index contributed by atoms with van der Waals surface area (Å²) in [7, 11) is 0. The van der Waals surface area contributed by atoms with Crippen molar-refractivity contribution in [1.82, 2.24) is 6.15 Å². The number of rotatable bonds is 0. The van der Waals surface area contributed by atoms with E-state index in [-0.39, 0.29) is 38.9 Å². The van der Waals surface area contributed by atoms with Gasteiger partial charge in [0, 0.05) is 32.7 Å². The van der Waals surface area contributed by atoms with Gasteiger partial charge in [0.15, 0.2) is 0 Å². The van der Waals surface area contributed by atoms with Gasteiger partial charge in [0.05, 0.1) is 5.09 Å². The molecule has 0 aliphatic carbocycles. The molecule has 0 rings (SSSR count). The minimum Gasteiger partial charge on any atom is -0.369 e. The van der Waals surface area contributed by atoms with Crippen LogP contribution in [0.15, 0.2) is 0 Å². The molecule has 0 aromatic carbocycles. The van der Waals surface area contributed by atoms with Gasteiger partial charge in [-0.25, -0.2) is 0 Å². The Kier molecular flexibility index (Phi) is 24.4. The van der Waals surface area contributed by atoms with E-state index in [1.165, 1.54) is 0 Å². The molecule has 0 bridgehead atoms. The van der Waals surface area contributed by atoms with Gasteiger partial charge in [-0.15, -0.1) is 0 Å². The van der Waals surface area contributed by atoms with Crippen molar-refractivity contribution in [3.63, 3.8) is 0 Å². The second-order valence-corrected chi connectivity index (χ2v) is 0.224. The Labute approximate surface area is 59.3 Å². The van der Waals surface area contributed by atoms with Crippen LogP contribution >= 0.6 is 0 Å². The first-order chi connectivity index (χ1) is 1.73. The predicted octanol–water partition coefficient (Wildman–Crippen LogP) is 0.135. The fourth-order valence-corrected chi connectivity index (χ4v) is 0. The predicted molar refractivity (Wildman–Crippen MR) is 16.3 cm³/mol. The smallest absolute Gasteiger partial charge is 0.0689 e. The minimum absolute atomic E-state index is 0. The third-order valence-corrected chi connectivity index (χ3v) is 0. The molecule has 5 nitrogen and oxygen atoms in total. The molecule has 0 amide bonds. The Hall–Kier alpha value is 0.264. The molecular weight excluding hydrogens is 165 g/mol. The van der Waals surface area contributed by atoms with Crippen LogP contribution in [0.25, 0.3) is 0 Å². The van der Waals surface area contributed by atoms with E-state index in [0.29, 0.717) is 0 Å². The van der Waals surface area contributed by atoms with Crippen molar-refractivity contribution in [2.75, 3.05) is 0 Å². The van der Waals surface area contributed by atoms with Crippen LogP contribution in [0, 0.1) is 15.3 Å². The Morgan fingerprint density at radius 1 is 1.33 bits per heavy atom. The maximum atomic E-state index is 8.25. The third-order valence-electron chi connectivity index (χ3n) is 0. The van der Waals surface area contributed by atoms with E-state index in [1.807, 2.05) is 0 Å². The zero-order valence-corrected chi connectivity index (χ0v) is 6.09. The average molecular weight is 169 g/mol. The molecule has 6 heteroatoms. The van der Waals surface area contributed by atoms with Crippen LogP contribution in [0.2, 0.25) is 0 Å². The molecule has 0 unspecified atom stereocenters. The van der Waals surface area contributed by atoms with Crippen molar-refractivity contribution in [1.29, 1.82) is 0 Å². The maximum Gasteiger partial charge on any atom is 0.0689 e. The normalized spacial score (nSPS) is 4.00. The second kappa shape index (κ2) is 8.98. The molecule has 0 saturated carbocycles. The number of nitrogens with zero attached hydrogens (tertiary/aromatic N) is 1. The van der Waals surface area contributed by atoms with Crippen molar-refractivity contribution < 1.29 is 37.8 Å². The van der Waals surface area contributed by atoms with Gasteiger partial charge in [-0.05, 0) is 0 Å². The van der Waals surface area contributed by atoms with Gasteiger partial charge in [-0.3, -0.25) is 0 Å². The monoisotopic (exact) mass is 169 g/mol. The topological polar surface area (TPSA) is 103 Å². The van der Waals surface area contributed by atoms with Gasteiger partial charge in [0.2, 0.25) is 0 Å². The zero-order chi connectivity index (χ0) is 3.58. The molecule has 1 radical (unpaired) electrons. The molecule has 0 heterocycles. The van der Waals surface area contributed by atoms with Gasteiger partial charge in [-0.2, -0.15) is 0 Å². The zero-order valence-electron chi connectivity index (χ0n) is 3.25. The molecule has 0 atom stereocenters. The number of hydrogen-bond acceptors (Lipinski definition) is 3. The van der Waals surface area contributed by atoms with E-state index in [0.717, 1.165) is 0 Å². The van der Waals surface area contributed by atoms with Gasteiger partial charge >= 0.3 is 0 Å². The molecule has 4 N–H and O–H groups in total.